The van der Waals surface area contributed by atoms with Gasteiger partial charge in [0.2, 0.25) is 0 Å². The molecule has 0 N–H and O–H groups in total. The van der Waals surface area contributed by atoms with Crippen LogP contribution in [0.1, 0.15) is 52.4 Å². The summed E-state index contributed by atoms with van der Waals surface area (Å²) in [4.78, 5) is 0. The van der Waals surface area contributed by atoms with E-state index in [1.165, 1.54) is 32.1 Å². The fourth-order valence-corrected chi connectivity index (χ4v) is 9.87. The van der Waals surface area contributed by atoms with Crippen LogP contribution in [0.25, 0.3) is 0 Å². The maximum Gasteiger partial charge on any atom is 0.118 e. The van der Waals surface area contributed by atoms with Gasteiger partial charge in [-0.3, -0.25) is 0 Å². The Morgan fingerprint density at radius 3 is 2.27 bits per heavy atom. The van der Waals surface area contributed by atoms with E-state index in [2.05, 4.69) is 62.9 Å². The molecule has 0 aliphatic heterocycles. The quantitative estimate of drug-likeness (QED) is 0.620. The number of hydrogen-bond donors (Lipinski definition) is 0. The molecule has 0 saturated heterocycles. The average molecular weight is 311 g/mol. The fourth-order valence-electron chi connectivity index (χ4n) is 4.67. The predicted molar refractivity (Wildman–Crippen MR) is 100 cm³/mol. The van der Waals surface area contributed by atoms with Crippen molar-refractivity contribution in [3.63, 3.8) is 0 Å². The van der Waals surface area contributed by atoms with Gasteiger partial charge in [-0.2, -0.15) is 0 Å². The lowest BCUT2D eigenvalue weighted by Gasteiger charge is -2.41. The van der Waals surface area contributed by atoms with Gasteiger partial charge >= 0.3 is 0 Å². The summed E-state index contributed by atoms with van der Waals surface area (Å²) >= 11 is 0. The van der Waals surface area contributed by atoms with Crippen LogP contribution in [0.15, 0.2) is 53.3 Å². The van der Waals surface area contributed by atoms with Crippen molar-refractivity contribution in [3.8, 4) is 0 Å². The lowest BCUT2D eigenvalue weighted by Crippen LogP contribution is -2.52. The molecule has 0 spiro atoms. The van der Waals surface area contributed by atoms with Gasteiger partial charge in [-0.15, -0.1) is 0 Å². The van der Waals surface area contributed by atoms with E-state index in [0.29, 0.717) is 5.92 Å². The zero-order valence-corrected chi connectivity index (χ0v) is 15.4. The molecular formula is C21H30Si. The first-order valence-electron chi connectivity index (χ1n) is 9.10. The molecule has 1 fully saturated rings. The zero-order valence-electron chi connectivity index (χ0n) is 14.4. The Hall–Kier alpha value is -1.08. The van der Waals surface area contributed by atoms with Gasteiger partial charge in [-0.05, 0) is 23.5 Å². The Kier molecular flexibility index (Phi) is 4.72. The van der Waals surface area contributed by atoms with Crippen molar-refractivity contribution in [1.29, 1.82) is 0 Å². The lowest BCUT2D eigenvalue weighted by atomic mass is 10.0. The van der Waals surface area contributed by atoms with Gasteiger partial charge < -0.3 is 0 Å². The minimum Gasteiger partial charge on any atom is -0.0808 e. The molecule has 1 saturated carbocycles. The fraction of sp³-hybridized carbons (Fsp3) is 0.524. The zero-order chi connectivity index (χ0) is 15.6. The SMILES string of the molecule is CC(C)C1=CCC=C1[Si](C)(c1ccccc1)C1CCCCC1. The van der Waals surface area contributed by atoms with Gasteiger partial charge in [0.05, 0.1) is 0 Å². The van der Waals surface area contributed by atoms with Gasteiger partial charge in [0, 0.05) is 0 Å². The third-order valence-corrected chi connectivity index (χ3v) is 11.3. The molecule has 1 heteroatoms. The summed E-state index contributed by atoms with van der Waals surface area (Å²) < 4.78 is 0. The second kappa shape index (κ2) is 6.58. The Labute approximate surface area is 137 Å². The molecule has 1 aromatic rings. The molecule has 3 rings (SSSR count). The monoisotopic (exact) mass is 310 g/mol. The van der Waals surface area contributed by atoms with Crippen molar-refractivity contribution in [2.24, 2.45) is 5.92 Å². The van der Waals surface area contributed by atoms with Gasteiger partial charge in [-0.1, -0.05) is 105 Å². The molecule has 0 heterocycles. The van der Waals surface area contributed by atoms with E-state index in [-0.39, 0.29) is 0 Å². The second-order valence-corrected chi connectivity index (χ2v) is 11.9. The van der Waals surface area contributed by atoms with Gasteiger partial charge in [0.25, 0.3) is 0 Å². The Morgan fingerprint density at radius 2 is 1.64 bits per heavy atom. The Morgan fingerprint density at radius 1 is 0.955 bits per heavy atom. The van der Waals surface area contributed by atoms with E-state index in [4.69, 9.17) is 0 Å². The van der Waals surface area contributed by atoms with Gasteiger partial charge in [-0.25, -0.2) is 0 Å². The van der Waals surface area contributed by atoms with Crippen LogP contribution in [0.2, 0.25) is 12.1 Å². The van der Waals surface area contributed by atoms with Crippen molar-refractivity contribution in [2.45, 2.75) is 64.5 Å². The van der Waals surface area contributed by atoms with Crippen LogP contribution in [-0.2, 0) is 0 Å². The normalized spacial score (nSPS) is 22.4. The van der Waals surface area contributed by atoms with E-state index in [0.717, 1.165) is 12.0 Å². The van der Waals surface area contributed by atoms with E-state index in [9.17, 15) is 0 Å². The van der Waals surface area contributed by atoms with Gasteiger partial charge in [0.1, 0.15) is 8.07 Å². The smallest absolute Gasteiger partial charge is 0.0808 e. The highest BCUT2D eigenvalue weighted by Gasteiger charge is 2.43. The van der Waals surface area contributed by atoms with Crippen LogP contribution >= 0.6 is 0 Å². The van der Waals surface area contributed by atoms with Crippen molar-refractivity contribution < 1.29 is 0 Å². The summed E-state index contributed by atoms with van der Waals surface area (Å²) in [6.07, 6.45) is 13.4. The maximum absolute atomic E-state index is 2.66. The molecule has 118 valence electrons. The summed E-state index contributed by atoms with van der Waals surface area (Å²) in [6.45, 7) is 7.39. The molecule has 0 nitrogen and oxygen atoms in total. The molecule has 1 unspecified atom stereocenters. The molecule has 2 aliphatic carbocycles. The van der Waals surface area contributed by atoms with Crippen LogP contribution in [0.4, 0.5) is 0 Å². The van der Waals surface area contributed by atoms with Crippen LogP contribution in [-0.4, -0.2) is 8.07 Å². The lowest BCUT2D eigenvalue weighted by molar-refractivity contribution is 0.494. The second-order valence-electron chi connectivity index (χ2n) is 7.57. The molecule has 22 heavy (non-hydrogen) atoms. The van der Waals surface area contributed by atoms with Crippen molar-refractivity contribution >= 4 is 13.3 Å². The molecule has 1 atom stereocenters. The molecular weight excluding hydrogens is 280 g/mol. The Balaban J connectivity index is 2.05. The number of rotatable bonds is 4. The molecule has 2 aliphatic rings. The highest BCUT2D eigenvalue weighted by molar-refractivity contribution is 6.98. The number of allylic oxidation sites excluding steroid dienone is 4. The van der Waals surface area contributed by atoms with Crippen molar-refractivity contribution in [3.05, 3.63) is 53.3 Å². The van der Waals surface area contributed by atoms with Gasteiger partial charge in [0.15, 0.2) is 0 Å². The van der Waals surface area contributed by atoms with E-state index < -0.39 is 8.07 Å². The average Bonchev–Trinajstić information content (AvgIpc) is 3.06. The molecule has 0 bridgehead atoms. The summed E-state index contributed by atoms with van der Waals surface area (Å²) in [6, 6.07) is 11.5. The third kappa shape index (κ3) is 2.76. The van der Waals surface area contributed by atoms with Crippen LogP contribution < -0.4 is 5.19 Å². The highest BCUT2D eigenvalue weighted by atomic mass is 28.3. The van der Waals surface area contributed by atoms with Crippen LogP contribution in [0.5, 0.6) is 0 Å². The Bertz CT molecular complexity index is 561. The first-order chi connectivity index (χ1) is 10.6. The van der Waals surface area contributed by atoms with E-state index >= 15 is 0 Å². The standard InChI is InChI=1S/C21H30Si/c1-17(2)20-15-10-16-21(20)22(3,18-11-6-4-7-12-18)19-13-8-5-9-14-19/h4,6-7,11-12,15-17,19H,5,8-10,13-14H2,1-3H3. The summed E-state index contributed by atoms with van der Waals surface area (Å²) in [5, 5.41) is 3.42. The molecule has 0 radical (unpaired) electrons. The number of hydrogen-bond acceptors (Lipinski definition) is 0. The van der Waals surface area contributed by atoms with Crippen molar-refractivity contribution in [1.82, 2.24) is 0 Å². The van der Waals surface area contributed by atoms with Crippen molar-refractivity contribution in [2.75, 3.05) is 0 Å². The topological polar surface area (TPSA) is 0 Å². The van der Waals surface area contributed by atoms with Crippen LogP contribution in [0.3, 0.4) is 0 Å². The minimum atomic E-state index is -1.62. The summed E-state index contributed by atoms with van der Waals surface area (Å²) in [7, 11) is -1.62. The highest BCUT2D eigenvalue weighted by Crippen LogP contribution is 2.45. The number of benzene rings is 1. The summed E-state index contributed by atoms with van der Waals surface area (Å²) in [5.41, 5.74) is 2.58. The van der Waals surface area contributed by atoms with E-state index in [1.54, 1.807) is 16.0 Å². The third-order valence-electron chi connectivity index (χ3n) is 5.95. The largest absolute Gasteiger partial charge is 0.118 e. The molecule has 0 aromatic heterocycles. The first-order valence-corrected chi connectivity index (χ1v) is 11.7. The maximum atomic E-state index is 2.66. The molecule has 0 amide bonds. The first kappa shape index (κ1) is 15.8. The molecule has 1 aromatic carbocycles. The van der Waals surface area contributed by atoms with E-state index in [1.807, 2.05) is 0 Å². The predicted octanol–water partition coefficient (Wildman–Crippen LogP) is 5.76. The summed E-state index contributed by atoms with van der Waals surface area (Å²) in [5.74, 6) is 0.660. The minimum absolute atomic E-state index is 0.660. The van der Waals surface area contributed by atoms with Crippen LogP contribution in [0, 0.1) is 5.92 Å².